The molecular weight excluding hydrogens is 376 g/mol. The summed E-state index contributed by atoms with van der Waals surface area (Å²) in [4.78, 5) is 9.18. The zero-order valence-electron chi connectivity index (χ0n) is 18.9. The minimum atomic E-state index is 0.312. The number of nitrogens with one attached hydrogen (secondary N) is 1. The molecule has 2 aliphatic heterocycles. The third kappa shape index (κ3) is 7.47. The Morgan fingerprint density at radius 1 is 1.17 bits per heavy atom. The quantitative estimate of drug-likeness (QED) is 0.379. The molecule has 1 N–H and O–H groups in total. The summed E-state index contributed by atoms with van der Waals surface area (Å²) in [6, 6.07) is 10.6. The van der Waals surface area contributed by atoms with Gasteiger partial charge in [-0.15, -0.1) is 0 Å². The average molecular weight is 417 g/mol. The van der Waals surface area contributed by atoms with Gasteiger partial charge >= 0.3 is 0 Å². The van der Waals surface area contributed by atoms with Crippen LogP contribution in [0.5, 0.6) is 0 Å². The first-order valence-corrected chi connectivity index (χ1v) is 11.7. The number of nitrogens with zero attached hydrogens (tertiary/aromatic N) is 3. The summed E-state index contributed by atoms with van der Waals surface area (Å²) in [6.07, 6.45) is 8.72. The number of benzene rings is 1. The van der Waals surface area contributed by atoms with Crippen LogP contribution in [-0.4, -0.2) is 76.6 Å². The predicted molar refractivity (Wildman–Crippen MR) is 124 cm³/mol. The van der Waals surface area contributed by atoms with Crippen molar-refractivity contribution in [2.24, 2.45) is 4.99 Å². The number of rotatable bonds is 9. The van der Waals surface area contributed by atoms with Crippen molar-refractivity contribution < 1.29 is 9.47 Å². The third-order valence-electron chi connectivity index (χ3n) is 6.15. The molecule has 1 aromatic carbocycles. The lowest BCUT2D eigenvalue weighted by Crippen LogP contribution is -2.47. The van der Waals surface area contributed by atoms with Crippen molar-refractivity contribution in [3.8, 4) is 0 Å². The minimum absolute atomic E-state index is 0.312. The van der Waals surface area contributed by atoms with Gasteiger partial charge in [0.25, 0.3) is 0 Å². The first-order chi connectivity index (χ1) is 14.8. The molecule has 1 aromatic rings. The Kier molecular flexibility index (Phi) is 9.77. The van der Waals surface area contributed by atoms with Gasteiger partial charge < -0.3 is 24.6 Å². The first-order valence-electron chi connectivity index (χ1n) is 11.7. The molecule has 0 saturated carbocycles. The van der Waals surface area contributed by atoms with E-state index in [1.54, 1.807) is 0 Å². The smallest absolute Gasteiger partial charge is 0.193 e. The number of unbranched alkanes of at least 4 members (excludes halogenated alkanes) is 1. The Morgan fingerprint density at radius 2 is 1.97 bits per heavy atom. The molecule has 1 atom stereocenters. The van der Waals surface area contributed by atoms with Crippen LogP contribution in [0, 0.1) is 0 Å². The van der Waals surface area contributed by atoms with Crippen molar-refractivity contribution in [2.75, 3.05) is 58.4 Å². The number of para-hydroxylation sites is 1. The van der Waals surface area contributed by atoms with Gasteiger partial charge in [0, 0.05) is 52.6 Å². The van der Waals surface area contributed by atoms with Gasteiger partial charge in [-0.3, -0.25) is 4.99 Å². The van der Waals surface area contributed by atoms with Crippen LogP contribution in [0.4, 0.5) is 5.69 Å². The molecule has 2 fully saturated rings. The van der Waals surface area contributed by atoms with E-state index in [1.807, 2.05) is 7.05 Å². The molecule has 0 radical (unpaired) electrons. The van der Waals surface area contributed by atoms with Gasteiger partial charge in [0.2, 0.25) is 0 Å². The number of hydrogen-bond donors (Lipinski definition) is 1. The highest BCUT2D eigenvalue weighted by molar-refractivity contribution is 5.79. The predicted octanol–water partition coefficient (Wildman–Crippen LogP) is 3.53. The van der Waals surface area contributed by atoms with Crippen LogP contribution < -0.4 is 10.2 Å². The summed E-state index contributed by atoms with van der Waals surface area (Å²) in [7, 11) is 4.04. The second-order valence-corrected chi connectivity index (χ2v) is 8.45. The molecule has 0 aliphatic carbocycles. The van der Waals surface area contributed by atoms with Gasteiger partial charge in [-0.25, -0.2) is 0 Å². The summed E-state index contributed by atoms with van der Waals surface area (Å²) in [5.41, 5.74) is 1.28. The van der Waals surface area contributed by atoms with Crippen LogP contribution in [0.25, 0.3) is 0 Å². The van der Waals surface area contributed by atoms with E-state index in [4.69, 9.17) is 9.47 Å². The molecule has 0 amide bonds. The lowest BCUT2D eigenvalue weighted by molar-refractivity contribution is -0.0721. The second-order valence-electron chi connectivity index (χ2n) is 8.45. The summed E-state index contributed by atoms with van der Waals surface area (Å²) in [6.45, 7) is 5.70. The van der Waals surface area contributed by atoms with Gasteiger partial charge in [-0.2, -0.15) is 0 Å². The van der Waals surface area contributed by atoms with Crippen molar-refractivity contribution in [1.29, 1.82) is 0 Å². The Morgan fingerprint density at radius 3 is 2.67 bits per heavy atom. The van der Waals surface area contributed by atoms with E-state index in [9.17, 15) is 0 Å². The van der Waals surface area contributed by atoms with Crippen molar-refractivity contribution in [3.63, 3.8) is 0 Å². The second kappa shape index (κ2) is 12.8. The molecule has 6 nitrogen and oxygen atoms in total. The number of piperidine rings is 1. The largest absolute Gasteiger partial charge is 0.376 e. The van der Waals surface area contributed by atoms with Gasteiger partial charge in [0.05, 0.1) is 18.8 Å². The zero-order valence-corrected chi connectivity index (χ0v) is 18.9. The Labute approximate surface area is 182 Å². The number of ether oxygens (including phenoxy) is 2. The summed E-state index contributed by atoms with van der Waals surface area (Å²) in [5.74, 6) is 1.03. The SMILES string of the molecule is CN=C(NCCCCN(C)c1ccccc1)N1CCC(OCC2CCCCO2)CC1. The first kappa shape index (κ1) is 22.9. The van der Waals surface area contributed by atoms with Crippen LogP contribution in [0.2, 0.25) is 0 Å². The van der Waals surface area contributed by atoms with Crippen LogP contribution in [0.1, 0.15) is 44.9 Å². The Bertz CT molecular complexity index is 611. The lowest BCUT2D eigenvalue weighted by Gasteiger charge is -2.35. The molecule has 168 valence electrons. The van der Waals surface area contributed by atoms with Crippen molar-refractivity contribution in [3.05, 3.63) is 30.3 Å². The maximum Gasteiger partial charge on any atom is 0.193 e. The average Bonchev–Trinajstić information content (AvgIpc) is 2.81. The highest BCUT2D eigenvalue weighted by atomic mass is 16.5. The van der Waals surface area contributed by atoms with E-state index in [0.717, 1.165) is 77.5 Å². The fraction of sp³-hybridized carbons (Fsp3) is 0.708. The number of guanidine groups is 1. The zero-order chi connectivity index (χ0) is 21.0. The number of anilines is 1. The van der Waals surface area contributed by atoms with Gasteiger partial charge in [-0.05, 0) is 57.1 Å². The van der Waals surface area contributed by atoms with E-state index in [-0.39, 0.29) is 0 Å². The topological polar surface area (TPSA) is 49.3 Å². The van der Waals surface area contributed by atoms with E-state index < -0.39 is 0 Å². The normalized spacial score (nSPS) is 20.9. The fourth-order valence-electron chi connectivity index (χ4n) is 4.23. The Balaban J connectivity index is 1.27. The van der Waals surface area contributed by atoms with Crippen LogP contribution >= 0.6 is 0 Å². The van der Waals surface area contributed by atoms with E-state index in [1.165, 1.54) is 18.5 Å². The fourth-order valence-corrected chi connectivity index (χ4v) is 4.23. The molecule has 0 bridgehead atoms. The minimum Gasteiger partial charge on any atom is -0.376 e. The van der Waals surface area contributed by atoms with Crippen molar-refractivity contribution >= 4 is 11.6 Å². The van der Waals surface area contributed by atoms with Gasteiger partial charge in [0.1, 0.15) is 0 Å². The molecule has 3 rings (SSSR count). The van der Waals surface area contributed by atoms with E-state index in [2.05, 4.69) is 57.5 Å². The molecule has 0 aromatic heterocycles. The molecule has 0 spiro atoms. The monoisotopic (exact) mass is 416 g/mol. The van der Waals surface area contributed by atoms with Crippen LogP contribution in [0.3, 0.4) is 0 Å². The molecular formula is C24H40N4O2. The highest BCUT2D eigenvalue weighted by Gasteiger charge is 2.23. The maximum atomic E-state index is 6.14. The highest BCUT2D eigenvalue weighted by Crippen LogP contribution is 2.18. The summed E-state index contributed by atoms with van der Waals surface area (Å²) in [5, 5.41) is 3.55. The third-order valence-corrected chi connectivity index (χ3v) is 6.15. The van der Waals surface area contributed by atoms with Crippen LogP contribution in [0.15, 0.2) is 35.3 Å². The molecule has 2 heterocycles. The van der Waals surface area contributed by atoms with E-state index in [0.29, 0.717) is 12.2 Å². The number of likely N-dealkylation sites (tertiary alicyclic amines) is 1. The molecule has 6 heteroatoms. The van der Waals surface area contributed by atoms with E-state index >= 15 is 0 Å². The molecule has 2 aliphatic rings. The molecule has 2 saturated heterocycles. The standard InChI is InChI=1S/C24H40N4O2/c1-25-24(26-15-7-8-16-27(2)21-10-4-3-5-11-21)28-17-13-22(14-18-28)30-20-23-12-6-9-19-29-23/h3-5,10-11,22-23H,6-9,12-20H2,1-2H3,(H,25,26). The molecule has 1 unspecified atom stereocenters. The Hall–Kier alpha value is -1.79. The maximum absolute atomic E-state index is 6.14. The van der Waals surface area contributed by atoms with Gasteiger partial charge in [0.15, 0.2) is 5.96 Å². The summed E-state index contributed by atoms with van der Waals surface area (Å²) < 4.78 is 11.9. The van der Waals surface area contributed by atoms with Gasteiger partial charge in [-0.1, -0.05) is 18.2 Å². The van der Waals surface area contributed by atoms with Crippen molar-refractivity contribution in [1.82, 2.24) is 10.2 Å². The van der Waals surface area contributed by atoms with Crippen molar-refractivity contribution in [2.45, 2.75) is 57.2 Å². The number of hydrogen-bond acceptors (Lipinski definition) is 4. The lowest BCUT2D eigenvalue weighted by atomic mass is 10.1. The number of aliphatic imine (C=N–C) groups is 1. The summed E-state index contributed by atoms with van der Waals surface area (Å²) >= 11 is 0. The van der Waals surface area contributed by atoms with Crippen LogP contribution in [-0.2, 0) is 9.47 Å². The molecule has 30 heavy (non-hydrogen) atoms.